The number of amides is 1. The second-order valence-corrected chi connectivity index (χ2v) is 4.01. The fraction of sp³-hybridized carbons (Fsp3) is 0.417. The van der Waals surface area contributed by atoms with Crippen LogP contribution in [0.5, 0.6) is 0 Å². The van der Waals surface area contributed by atoms with Crippen LogP contribution in [-0.2, 0) is 20.8 Å². The second-order valence-electron chi connectivity index (χ2n) is 4.01. The molecule has 0 radical (unpaired) electrons. The summed E-state index contributed by atoms with van der Waals surface area (Å²) >= 11 is 0. The molecule has 0 aromatic carbocycles. The van der Waals surface area contributed by atoms with E-state index in [1.165, 1.54) is 12.3 Å². The monoisotopic (exact) mass is 266 g/mol. The van der Waals surface area contributed by atoms with Crippen molar-refractivity contribution in [3.8, 4) is 0 Å². The van der Waals surface area contributed by atoms with E-state index < -0.39 is 12.1 Å². The average Bonchev–Trinajstić information content (AvgIpc) is 2.46. The van der Waals surface area contributed by atoms with E-state index in [1.54, 1.807) is 6.07 Å². The Hall–Kier alpha value is -1.99. The van der Waals surface area contributed by atoms with Crippen molar-refractivity contribution in [1.29, 1.82) is 0 Å². The van der Waals surface area contributed by atoms with E-state index in [1.807, 2.05) is 0 Å². The zero-order valence-electron chi connectivity index (χ0n) is 10.2. The van der Waals surface area contributed by atoms with Crippen LogP contribution in [0.4, 0.5) is 0 Å². The first kappa shape index (κ1) is 13.4. The zero-order chi connectivity index (χ0) is 13.7. The third kappa shape index (κ3) is 3.73. The normalized spacial score (nSPS) is 18.8. The standard InChI is InChI=1S/C12H14N2O5/c15-11(10-7-18-3-4-19-10)14-6-8-1-2-9(12(16)17)13-5-8/h1-2,5,10H,3-4,6-7H2,(H,14,15)(H,16,17). The molecule has 1 aromatic rings. The van der Waals surface area contributed by atoms with Crippen LogP contribution in [0.1, 0.15) is 16.1 Å². The SMILES string of the molecule is O=C(O)c1ccc(CNC(=O)C2COCCO2)cn1. The average molecular weight is 266 g/mol. The van der Waals surface area contributed by atoms with Gasteiger partial charge in [0.25, 0.3) is 5.91 Å². The van der Waals surface area contributed by atoms with E-state index in [2.05, 4.69) is 10.3 Å². The smallest absolute Gasteiger partial charge is 0.354 e. The predicted octanol–water partition coefficient (Wildman–Crippen LogP) is -0.189. The first-order valence-electron chi connectivity index (χ1n) is 5.82. The summed E-state index contributed by atoms with van der Waals surface area (Å²) in [6.07, 6.45) is 0.835. The van der Waals surface area contributed by atoms with Gasteiger partial charge in [0.05, 0.1) is 19.8 Å². The van der Waals surface area contributed by atoms with E-state index >= 15 is 0 Å². The van der Waals surface area contributed by atoms with Crippen LogP contribution in [-0.4, -0.2) is 47.9 Å². The van der Waals surface area contributed by atoms with Gasteiger partial charge in [-0.25, -0.2) is 9.78 Å². The van der Waals surface area contributed by atoms with Gasteiger partial charge in [-0.1, -0.05) is 6.07 Å². The summed E-state index contributed by atoms with van der Waals surface area (Å²) in [6, 6.07) is 3.00. The zero-order valence-corrected chi connectivity index (χ0v) is 10.2. The van der Waals surface area contributed by atoms with Crippen molar-refractivity contribution in [3.63, 3.8) is 0 Å². The van der Waals surface area contributed by atoms with Crippen molar-refractivity contribution in [2.75, 3.05) is 19.8 Å². The summed E-state index contributed by atoms with van der Waals surface area (Å²) < 4.78 is 10.4. The maximum Gasteiger partial charge on any atom is 0.354 e. The molecular weight excluding hydrogens is 252 g/mol. The van der Waals surface area contributed by atoms with Gasteiger partial charge in [0.15, 0.2) is 6.10 Å². The molecule has 102 valence electrons. The quantitative estimate of drug-likeness (QED) is 0.784. The van der Waals surface area contributed by atoms with E-state index in [-0.39, 0.29) is 24.8 Å². The van der Waals surface area contributed by atoms with Gasteiger partial charge < -0.3 is 19.9 Å². The van der Waals surface area contributed by atoms with Gasteiger partial charge in [0.2, 0.25) is 0 Å². The molecule has 1 aliphatic rings. The summed E-state index contributed by atoms with van der Waals surface area (Å²) in [5, 5.41) is 11.4. The molecule has 1 amide bonds. The Balaban J connectivity index is 1.84. The number of carbonyl (C=O) groups excluding carboxylic acids is 1. The summed E-state index contributed by atoms with van der Waals surface area (Å²) in [7, 11) is 0. The number of rotatable bonds is 4. The fourth-order valence-corrected chi connectivity index (χ4v) is 1.60. The number of carboxylic acid groups (broad SMARTS) is 1. The third-order valence-corrected chi connectivity index (χ3v) is 2.62. The molecule has 7 heteroatoms. The largest absolute Gasteiger partial charge is 0.477 e. The highest BCUT2D eigenvalue weighted by molar-refractivity contribution is 5.85. The Morgan fingerprint density at radius 3 is 2.84 bits per heavy atom. The predicted molar refractivity (Wildman–Crippen MR) is 63.6 cm³/mol. The number of hydrogen-bond acceptors (Lipinski definition) is 5. The van der Waals surface area contributed by atoms with E-state index in [9.17, 15) is 9.59 Å². The highest BCUT2D eigenvalue weighted by atomic mass is 16.6. The van der Waals surface area contributed by atoms with Crippen molar-refractivity contribution < 1.29 is 24.2 Å². The maximum atomic E-state index is 11.7. The summed E-state index contributed by atoms with van der Waals surface area (Å²) in [5.74, 6) is -1.33. The lowest BCUT2D eigenvalue weighted by atomic mass is 10.2. The number of nitrogens with one attached hydrogen (secondary N) is 1. The number of hydrogen-bond donors (Lipinski definition) is 2. The topological polar surface area (TPSA) is 97.8 Å². The lowest BCUT2D eigenvalue weighted by Gasteiger charge is -2.22. The molecule has 2 rings (SSSR count). The van der Waals surface area contributed by atoms with Crippen molar-refractivity contribution >= 4 is 11.9 Å². The molecule has 2 heterocycles. The lowest BCUT2D eigenvalue weighted by Crippen LogP contribution is -2.42. The summed E-state index contributed by atoms with van der Waals surface area (Å²) in [4.78, 5) is 26.1. The Bertz CT molecular complexity index is 454. The molecule has 0 bridgehead atoms. The molecule has 1 fully saturated rings. The van der Waals surface area contributed by atoms with Crippen LogP contribution in [0, 0.1) is 0 Å². The number of aromatic carboxylic acids is 1. The molecule has 1 aromatic heterocycles. The van der Waals surface area contributed by atoms with Crippen LogP contribution in [0.25, 0.3) is 0 Å². The summed E-state index contributed by atoms with van der Waals surface area (Å²) in [6.45, 7) is 1.44. The van der Waals surface area contributed by atoms with Gasteiger partial charge in [-0.15, -0.1) is 0 Å². The van der Waals surface area contributed by atoms with Crippen LogP contribution >= 0.6 is 0 Å². The van der Waals surface area contributed by atoms with Gasteiger partial charge in [0.1, 0.15) is 5.69 Å². The highest BCUT2D eigenvalue weighted by Gasteiger charge is 2.22. The molecule has 0 saturated carbocycles. The van der Waals surface area contributed by atoms with Crippen molar-refractivity contribution in [1.82, 2.24) is 10.3 Å². The Morgan fingerprint density at radius 1 is 1.42 bits per heavy atom. The first-order chi connectivity index (χ1) is 9.16. The van der Waals surface area contributed by atoms with Gasteiger partial charge in [-0.3, -0.25) is 4.79 Å². The van der Waals surface area contributed by atoms with Gasteiger partial charge in [0, 0.05) is 12.7 Å². The number of carbonyl (C=O) groups is 2. The Kier molecular flexibility index (Phi) is 4.43. The third-order valence-electron chi connectivity index (χ3n) is 2.62. The molecule has 19 heavy (non-hydrogen) atoms. The van der Waals surface area contributed by atoms with E-state index in [0.717, 1.165) is 5.56 Å². The van der Waals surface area contributed by atoms with Crippen LogP contribution in [0.2, 0.25) is 0 Å². The highest BCUT2D eigenvalue weighted by Crippen LogP contribution is 2.03. The molecular formula is C12H14N2O5. The fourth-order valence-electron chi connectivity index (χ4n) is 1.60. The van der Waals surface area contributed by atoms with Gasteiger partial charge >= 0.3 is 5.97 Å². The van der Waals surface area contributed by atoms with Crippen LogP contribution in [0.3, 0.4) is 0 Å². The molecule has 2 N–H and O–H groups in total. The number of nitrogens with zero attached hydrogens (tertiary/aromatic N) is 1. The Labute approximate surface area is 109 Å². The van der Waals surface area contributed by atoms with Crippen molar-refractivity contribution in [2.45, 2.75) is 12.6 Å². The molecule has 1 atom stereocenters. The Morgan fingerprint density at radius 2 is 2.26 bits per heavy atom. The molecule has 1 aliphatic heterocycles. The molecule has 7 nitrogen and oxygen atoms in total. The molecule has 1 unspecified atom stereocenters. The van der Waals surface area contributed by atoms with E-state index in [4.69, 9.17) is 14.6 Å². The number of carboxylic acids is 1. The number of pyridine rings is 1. The molecule has 0 aliphatic carbocycles. The lowest BCUT2D eigenvalue weighted by molar-refractivity contribution is -0.147. The van der Waals surface area contributed by atoms with Gasteiger partial charge in [-0.05, 0) is 11.6 Å². The first-order valence-corrected chi connectivity index (χ1v) is 5.82. The summed E-state index contributed by atoms with van der Waals surface area (Å²) in [5.41, 5.74) is 0.689. The maximum absolute atomic E-state index is 11.7. The van der Waals surface area contributed by atoms with Gasteiger partial charge in [-0.2, -0.15) is 0 Å². The van der Waals surface area contributed by atoms with Crippen LogP contribution < -0.4 is 5.32 Å². The minimum absolute atomic E-state index is 0.0286. The van der Waals surface area contributed by atoms with Crippen molar-refractivity contribution in [3.05, 3.63) is 29.6 Å². The minimum Gasteiger partial charge on any atom is -0.477 e. The molecule has 1 saturated heterocycles. The van der Waals surface area contributed by atoms with Crippen molar-refractivity contribution in [2.24, 2.45) is 0 Å². The second kappa shape index (κ2) is 6.26. The number of aromatic nitrogens is 1. The van der Waals surface area contributed by atoms with E-state index in [0.29, 0.717) is 13.2 Å². The van der Waals surface area contributed by atoms with Crippen LogP contribution in [0.15, 0.2) is 18.3 Å². The minimum atomic E-state index is -1.08. The number of ether oxygens (including phenoxy) is 2. The molecule has 0 spiro atoms.